The highest BCUT2D eigenvalue weighted by molar-refractivity contribution is 5.83. The van der Waals surface area contributed by atoms with Crippen molar-refractivity contribution < 1.29 is 20.1 Å². The second-order valence-corrected chi connectivity index (χ2v) is 5.22. The number of benzene rings is 2. The van der Waals surface area contributed by atoms with Gasteiger partial charge in [-0.25, -0.2) is 0 Å². The highest BCUT2D eigenvalue weighted by atomic mass is 16.5. The van der Waals surface area contributed by atoms with Gasteiger partial charge in [0, 0.05) is 19.6 Å². The SMILES string of the molecule is OCCN(CCO)C[C@@H](O)COc1ccc2ccccc2c1. The van der Waals surface area contributed by atoms with Crippen LogP contribution in [0.2, 0.25) is 0 Å². The predicted molar refractivity (Wildman–Crippen MR) is 86.1 cm³/mol. The summed E-state index contributed by atoms with van der Waals surface area (Å²) in [7, 11) is 0. The van der Waals surface area contributed by atoms with Gasteiger partial charge in [0.05, 0.1) is 13.2 Å². The molecular formula is C17H23NO4. The molecule has 0 unspecified atom stereocenters. The van der Waals surface area contributed by atoms with Crippen LogP contribution in [0, 0.1) is 0 Å². The lowest BCUT2D eigenvalue weighted by Gasteiger charge is -2.23. The maximum atomic E-state index is 10.0. The molecule has 0 aliphatic heterocycles. The summed E-state index contributed by atoms with van der Waals surface area (Å²) in [6.45, 7) is 1.37. The summed E-state index contributed by atoms with van der Waals surface area (Å²) >= 11 is 0. The van der Waals surface area contributed by atoms with Crippen molar-refractivity contribution in [2.24, 2.45) is 0 Å². The van der Waals surface area contributed by atoms with E-state index in [0.717, 1.165) is 10.8 Å². The zero-order chi connectivity index (χ0) is 15.8. The van der Waals surface area contributed by atoms with E-state index in [2.05, 4.69) is 0 Å². The lowest BCUT2D eigenvalue weighted by Crippen LogP contribution is -2.38. The minimum atomic E-state index is -0.676. The topological polar surface area (TPSA) is 73.2 Å². The molecule has 0 aromatic heterocycles. The van der Waals surface area contributed by atoms with Crippen LogP contribution in [0.1, 0.15) is 0 Å². The van der Waals surface area contributed by atoms with Crippen LogP contribution in [-0.2, 0) is 0 Å². The molecule has 2 rings (SSSR count). The van der Waals surface area contributed by atoms with E-state index in [4.69, 9.17) is 14.9 Å². The van der Waals surface area contributed by atoms with Gasteiger partial charge in [0.25, 0.3) is 0 Å². The Bertz CT molecular complexity index is 569. The molecule has 0 aliphatic carbocycles. The van der Waals surface area contributed by atoms with Crippen molar-refractivity contribution in [1.82, 2.24) is 4.90 Å². The van der Waals surface area contributed by atoms with Crippen molar-refractivity contribution in [2.45, 2.75) is 6.10 Å². The Balaban J connectivity index is 1.87. The number of hydrogen-bond donors (Lipinski definition) is 3. The minimum absolute atomic E-state index is 0.00173. The Labute approximate surface area is 130 Å². The summed E-state index contributed by atoms with van der Waals surface area (Å²) in [5.74, 6) is 0.716. The second kappa shape index (κ2) is 8.70. The third-order valence-corrected chi connectivity index (χ3v) is 3.46. The van der Waals surface area contributed by atoms with E-state index in [1.807, 2.05) is 42.5 Å². The first kappa shape index (κ1) is 16.7. The molecule has 0 bridgehead atoms. The molecule has 0 saturated carbocycles. The lowest BCUT2D eigenvalue weighted by molar-refractivity contribution is 0.0552. The molecule has 0 spiro atoms. The van der Waals surface area contributed by atoms with Crippen LogP contribution >= 0.6 is 0 Å². The largest absolute Gasteiger partial charge is 0.491 e. The van der Waals surface area contributed by atoms with Gasteiger partial charge >= 0.3 is 0 Å². The van der Waals surface area contributed by atoms with Crippen molar-refractivity contribution in [2.75, 3.05) is 39.5 Å². The average Bonchev–Trinajstić information content (AvgIpc) is 2.53. The van der Waals surface area contributed by atoms with E-state index in [1.165, 1.54) is 0 Å². The first-order valence-electron chi connectivity index (χ1n) is 7.46. The second-order valence-electron chi connectivity index (χ2n) is 5.22. The molecule has 2 aromatic rings. The first-order chi connectivity index (χ1) is 10.7. The fourth-order valence-electron chi connectivity index (χ4n) is 2.38. The maximum Gasteiger partial charge on any atom is 0.120 e. The summed E-state index contributed by atoms with van der Waals surface area (Å²) in [5, 5.41) is 30.2. The molecule has 0 amide bonds. The predicted octanol–water partition coefficient (Wildman–Crippen LogP) is 0.866. The summed E-state index contributed by atoms with van der Waals surface area (Å²) in [5.41, 5.74) is 0. The summed E-state index contributed by atoms with van der Waals surface area (Å²) in [4.78, 5) is 1.80. The standard InChI is InChI=1S/C17H23NO4/c19-9-7-18(8-10-20)12-16(21)13-22-17-6-5-14-3-1-2-4-15(14)11-17/h1-6,11,16,19-21H,7-10,12-13H2/t16-/m1/s1. The van der Waals surface area contributed by atoms with Gasteiger partial charge in [0.1, 0.15) is 18.5 Å². The average molecular weight is 305 g/mol. The molecule has 2 aromatic carbocycles. The van der Waals surface area contributed by atoms with E-state index >= 15 is 0 Å². The summed E-state index contributed by atoms with van der Waals surface area (Å²) in [6.07, 6.45) is -0.676. The van der Waals surface area contributed by atoms with Crippen molar-refractivity contribution in [3.63, 3.8) is 0 Å². The number of aliphatic hydroxyl groups is 3. The van der Waals surface area contributed by atoms with Gasteiger partial charge in [-0.2, -0.15) is 0 Å². The van der Waals surface area contributed by atoms with E-state index in [1.54, 1.807) is 4.90 Å². The third kappa shape index (κ3) is 4.96. The Morgan fingerprint density at radius 1 is 0.955 bits per heavy atom. The molecule has 0 heterocycles. The van der Waals surface area contributed by atoms with Gasteiger partial charge in [0.15, 0.2) is 0 Å². The van der Waals surface area contributed by atoms with E-state index in [-0.39, 0.29) is 19.8 Å². The Kier molecular flexibility index (Phi) is 6.61. The molecule has 5 nitrogen and oxygen atoms in total. The first-order valence-corrected chi connectivity index (χ1v) is 7.46. The number of nitrogens with zero attached hydrogens (tertiary/aromatic N) is 1. The van der Waals surface area contributed by atoms with Gasteiger partial charge in [0.2, 0.25) is 0 Å². The normalized spacial score (nSPS) is 12.7. The van der Waals surface area contributed by atoms with Crippen molar-refractivity contribution >= 4 is 10.8 Å². The Hall–Kier alpha value is -1.66. The van der Waals surface area contributed by atoms with Crippen LogP contribution in [0.4, 0.5) is 0 Å². The number of fused-ring (bicyclic) bond motifs is 1. The van der Waals surface area contributed by atoms with Crippen LogP contribution < -0.4 is 4.74 Å². The number of ether oxygens (including phenoxy) is 1. The van der Waals surface area contributed by atoms with Crippen LogP contribution in [0.15, 0.2) is 42.5 Å². The number of hydrogen-bond acceptors (Lipinski definition) is 5. The molecule has 22 heavy (non-hydrogen) atoms. The lowest BCUT2D eigenvalue weighted by atomic mass is 10.1. The molecule has 0 saturated heterocycles. The van der Waals surface area contributed by atoms with Crippen LogP contribution in [0.25, 0.3) is 10.8 Å². The fraction of sp³-hybridized carbons (Fsp3) is 0.412. The quantitative estimate of drug-likeness (QED) is 0.641. The monoisotopic (exact) mass is 305 g/mol. The number of aliphatic hydroxyl groups excluding tert-OH is 3. The fourth-order valence-corrected chi connectivity index (χ4v) is 2.38. The Morgan fingerprint density at radius 3 is 2.32 bits per heavy atom. The number of rotatable bonds is 9. The van der Waals surface area contributed by atoms with Gasteiger partial charge in [-0.1, -0.05) is 30.3 Å². The zero-order valence-electron chi connectivity index (χ0n) is 12.6. The van der Waals surface area contributed by atoms with Crippen LogP contribution in [0.3, 0.4) is 0 Å². The van der Waals surface area contributed by atoms with Gasteiger partial charge < -0.3 is 20.1 Å². The van der Waals surface area contributed by atoms with Crippen LogP contribution in [-0.4, -0.2) is 65.8 Å². The molecule has 1 atom stereocenters. The van der Waals surface area contributed by atoms with Crippen molar-refractivity contribution in [3.05, 3.63) is 42.5 Å². The molecule has 0 fully saturated rings. The van der Waals surface area contributed by atoms with Gasteiger partial charge in [-0.3, -0.25) is 4.90 Å². The summed E-state index contributed by atoms with van der Waals surface area (Å²) in [6, 6.07) is 13.8. The van der Waals surface area contributed by atoms with E-state index < -0.39 is 6.10 Å². The molecule has 120 valence electrons. The van der Waals surface area contributed by atoms with Gasteiger partial charge in [-0.15, -0.1) is 0 Å². The molecule has 0 aliphatic rings. The van der Waals surface area contributed by atoms with Crippen LogP contribution in [0.5, 0.6) is 5.75 Å². The highest BCUT2D eigenvalue weighted by Gasteiger charge is 2.12. The van der Waals surface area contributed by atoms with E-state index in [9.17, 15) is 5.11 Å². The highest BCUT2D eigenvalue weighted by Crippen LogP contribution is 2.20. The minimum Gasteiger partial charge on any atom is -0.491 e. The smallest absolute Gasteiger partial charge is 0.120 e. The molecule has 3 N–H and O–H groups in total. The summed E-state index contributed by atoms with van der Waals surface area (Å²) < 4.78 is 5.63. The maximum absolute atomic E-state index is 10.0. The zero-order valence-corrected chi connectivity index (χ0v) is 12.6. The third-order valence-electron chi connectivity index (χ3n) is 3.46. The van der Waals surface area contributed by atoms with Gasteiger partial charge in [-0.05, 0) is 22.9 Å². The van der Waals surface area contributed by atoms with Crippen molar-refractivity contribution in [3.8, 4) is 5.75 Å². The molecular weight excluding hydrogens is 282 g/mol. The molecule has 5 heteroatoms. The van der Waals surface area contributed by atoms with E-state index in [0.29, 0.717) is 25.4 Å². The molecule has 0 radical (unpaired) electrons. The Morgan fingerprint density at radius 2 is 1.64 bits per heavy atom. The van der Waals surface area contributed by atoms with Crippen molar-refractivity contribution in [1.29, 1.82) is 0 Å².